The minimum Gasteiger partial charge on any atom is -0.398 e. The van der Waals surface area contributed by atoms with Crippen molar-refractivity contribution in [1.82, 2.24) is 10.1 Å². The summed E-state index contributed by atoms with van der Waals surface area (Å²) >= 11 is 0. The number of ether oxygens (including phenoxy) is 1. The van der Waals surface area contributed by atoms with Crippen LogP contribution in [0.2, 0.25) is 0 Å². The van der Waals surface area contributed by atoms with Crippen molar-refractivity contribution in [2.75, 3.05) is 18.9 Å². The van der Waals surface area contributed by atoms with Crippen LogP contribution >= 0.6 is 0 Å². The van der Waals surface area contributed by atoms with Gasteiger partial charge in [-0.3, -0.25) is 0 Å². The van der Waals surface area contributed by atoms with Crippen LogP contribution in [0.15, 0.2) is 22.7 Å². The summed E-state index contributed by atoms with van der Waals surface area (Å²) in [7, 11) is 0. The van der Waals surface area contributed by atoms with E-state index in [9.17, 15) is 4.39 Å². The van der Waals surface area contributed by atoms with Crippen molar-refractivity contribution < 1.29 is 13.7 Å². The fraction of sp³-hybridized carbons (Fsp3) is 0.333. The molecular weight excluding hydrogens is 237 g/mol. The summed E-state index contributed by atoms with van der Waals surface area (Å²) in [6, 6.07) is 4.04. The summed E-state index contributed by atoms with van der Waals surface area (Å²) in [4.78, 5) is 4.18. The molecule has 0 spiro atoms. The number of anilines is 1. The SMILES string of the molecule is CCOCCc1noc(-c2ccc(F)cc2N)n1. The molecule has 96 valence electrons. The molecule has 0 atom stereocenters. The highest BCUT2D eigenvalue weighted by atomic mass is 19.1. The first-order chi connectivity index (χ1) is 8.70. The summed E-state index contributed by atoms with van der Waals surface area (Å²) in [5.74, 6) is 0.438. The molecule has 0 aliphatic heterocycles. The Balaban J connectivity index is 2.13. The number of aromatic nitrogens is 2. The van der Waals surface area contributed by atoms with E-state index in [0.29, 0.717) is 36.9 Å². The van der Waals surface area contributed by atoms with E-state index in [2.05, 4.69) is 10.1 Å². The van der Waals surface area contributed by atoms with Gasteiger partial charge in [0.1, 0.15) is 5.82 Å². The first-order valence-electron chi connectivity index (χ1n) is 5.66. The summed E-state index contributed by atoms with van der Waals surface area (Å²) in [5, 5.41) is 3.81. The third kappa shape index (κ3) is 2.84. The fourth-order valence-electron chi connectivity index (χ4n) is 1.50. The molecule has 1 aromatic heterocycles. The normalized spacial score (nSPS) is 10.8. The minimum atomic E-state index is -0.396. The molecule has 0 saturated heterocycles. The number of halogens is 1. The van der Waals surface area contributed by atoms with Gasteiger partial charge in [-0.1, -0.05) is 5.16 Å². The lowest BCUT2D eigenvalue weighted by atomic mass is 10.2. The van der Waals surface area contributed by atoms with Crippen LogP contribution in [0, 0.1) is 5.82 Å². The van der Waals surface area contributed by atoms with Crippen LogP contribution in [-0.2, 0) is 11.2 Å². The lowest BCUT2D eigenvalue weighted by molar-refractivity contribution is 0.149. The number of hydrogen-bond donors (Lipinski definition) is 1. The van der Waals surface area contributed by atoms with Crippen molar-refractivity contribution in [2.45, 2.75) is 13.3 Å². The van der Waals surface area contributed by atoms with E-state index >= 15 is 0 Å². The number of nitrogen functional groups attached to an aromatic ring is 1. The largest absolute Gasteiger partial charge is 0.398 e. The van der Waals surface area contributed by atoms with Gasteiger partial charge in [0.15, 0.2) is 5.82 Å². The van der Waals surface area contributed by atoms with Crippen LogP contribution in [0.25, 0.3) is 11.5 Å². The Labute approximate surface area is 104 Å². The van der Waals surface area contributed by atoms with Gasteiger partial charge in [-0.25, -0.2) is 4.39 Å². The molecule has 0 aliphatic rings. The number of nitrogens with zero attached hydrogens (tertiary/aromatic N) is 2. The molecule has 2 rings (SSSR count). The highest BCUT2D eigenvalue weighted by Gasteiger charge is 2.12. The smallest absolute Gasteiger partial charge is 0.260 e. The van der Waals surface area contributed by atoms with E-state index in [1.807, 2.05) is 6.92 Å². The molecule has 0 radical (unpaired) electrons. The Morgan fingerprint density at radius 3 is 3.00 bits per heavy atom. The van der Waals surface area contributed by atoms with Gasteiger partial charge >= 0.3 is 0 Å². The standard InChI is InChI=1S/C12H14FN3O2/c1-2-17-6-5-11-15-12(18-16-11)9-4-3-8(13)7-10(9)14/h3-4,7H,2,5-6,14H2,1H3. The van der Waals surface area contributed by atoms with Crippen LogP contribution in [0.1, 0.15) is 12.7 Å². The Kier molecular flexibility index (Phi) is 3.88. The molecule has 0 unspecified atom stereocenters. The monoisotopic (exact) mass is 251 g/mol. The second kappa shape index (κ2) is 5.59. The topological polar surface area (TPSA) is 74.2 Å². The summed E-state index contributed by atoms with van der Waals surface area (Å²) in [6.07, 6.45) is 0.568. The third-order valence-electron chi connectivity index (χ3n) is 2.39. The Morgan fingerprint density at radius 1 is 1.44 bits per heavy atom. The Hall–Kier alpha value is -1.95. The molecular formula is C12H14FN3O2. The fourth-order valence-corrected chi connectivity index (χ4v) is 1.50. The first kappa shape index (κ1) is 12.5. The number of benzene rings is 1. The predicted octanol–water partition coefficient (Wildman–Crippen LogP) is 2.04. The van der Waals surface area contributed by atoms with Crippen LogP contribution < -0.4 is 5.73 Å². The quantitative estimate of drug-likeness (QED) is 0.650. The lowest BCUT2D eigenvalue weighted by Gasteiger charge is -1.99. The summed E-state index contributed by atoms with van der Waals surface area (Å²) in [6.45, 7) is 3.10. The number of rotatable bonds is 5. The van der Waals surface area contributed by atoms with Crippen LogP contribution in [0.5, 0.6) is 0 Å². The van der Waals surface area contributed by atoms with E-state index in [1.54, 1.807) is 0 Å². The van der Waals surface area contributed by atoms with Crippen molar-refractivity contribution in [3.05, 3.63) is 29.8 Å². The van der Waals surface area contributed by atoms with E-state index in [0.717, 1.165) is 0 Å². The van der Waals surface area contributed by atoms with Crippen molar-refractivity contribution in [3.8, 4) is 11.5 Å². The third-order valence-corrected chi connectivity index (χ3v) is 2.39. The average molecular weight is 251 g/mol. The predicted molar refractivity (Wildman–Crippen MR) is 64.3 cm³/mol. The van der Waals surface area contributed by atoms with Gasteiger partial charge in [0, 0.05) is 18.7 Å². The number of nitrogens with two attached hydrogens (primary N) is 1. The second-order valence-corrected chi connectivity index (χ2v) is 3.69. The van der Waals surface area contributed by atoms with E-state index in [-0.39, 0.29) is 5.69 Å². The zero-order valence-corrected chi connectivity index (χ0v) is 10.0. The van der Waals surface area contributed by atoms with Gasteiger partial charge in [0.05, 0.1) is 12.2 Å². The lowest BCUT2D eigenvalue weighted by Crippen LogP contribution is -1.99. The summed E-state index contributed by atoms with van der Waals surface area (Å²) in [5.41, 5.74) is 6.50. The van der Waals surface area contributed by atoms with Crippen molar-refractivity contribution >= 4 is 5.69 Å². The highest BCUT2D eigenvalue weighted by Crippen LogP contribution is 2.24. The molecule has 6 heteroatoms. The molecule has 0 saturated carbocycles. The maximum Gasteiger partial charge on any atom is 0.260 e. The average Bonchev–Trinajstić information content (AvgIpc) is 2.78. The van der Waals surface area contributed by atoms with Crippen molar-refractivity contribution in [3.63, 3.8) is 0 Å². The maximum atomic E-state index is 12.9. The van der Waals surface area contributed by atoms with Crippen LogP contribution in [-0.4, -0.2) is 23.4 Å². The Morgan fingerprint density at radius 2 is 2.28 bits per heavy atom. The van der Waals surface area contributed by atoms with Crippen molar-refractivity contribution in [1.29, 1.82) is 0 Å². The second-order valence-electron chi connectivity index (χ2n) is 3.69. The zero-order valence-electron chi connectivity index (χ0n) is 10.0. The van der Waals surface area contributed by atoms with Gasteiger partial charge in [-0.15, -0.1) is 0 Å². The van der Waals surface area contributed by atoms with Crippen LogP contribution in [0.3, 0.4) is 0 Å². The van der Waals surface area contributed by atoms with Gasteiger partial charge in [-0.05, 0) is 25.1 Å². The number of hydrogen-bond acceptors (Lipinski definition) is 5. The molecule has 2 N–H and O–H groups in total. The van der Waals surface area contributed by atoms with Gasteiger partial charge in [-0.2, -0.15) is 4.98 Å². The highest BCUT2D eigenvalue weighted by molar-refractivity contribution is 5.70. The summed E-state index contributed by atoms with van der Waals surface area (Å²) < 4.78 is 23.2. The van der Waals surface area contributed by atoms with Gasteiger partial charge < -0.3 is 15.0 Å². The molecule has 0 amide bonds. The van der Waals surface area contributed by atoms with Crippen molar-refractivity contribution in [2.24, 2.45) is 0 Å². The Bertz CT molecular complexity index is 528. The van der Waals surface area contributed by atoms with E-state index in [1.165, 1.54) is 18.2 Å². The van der Waals surface area contributed by atoms with Gasteiger partial charge in [0.25, 0.3) is 5.89 Å². The molecule has 0 bridgehead atoms. The maximum absolute atomic E-state index is 12.9. The zero-order chi connectivity index (χ0) is 13.0. The molecule has 2 aromatic rings. The van der Waals surface area contributed by atoms with Crippen LogP contribution in [0.4, 0.5) is 10.1 Å². The molecule has 1 heterocycles. The van der Waals surface area contributed by atoms with Gasteiger partial charge in [0.2, 0.25) is 0 Å². The minimum absolute atomic E-state index is 0.273. The molecule has 0 fully saturated rings. The molecule has 18 heavy (non-hydrogen) atoms. The molecule has 0 aliphatic carbocycles. The molecule has 5 nitrogen and oxygen atoms in total. The molecule has 1 aromatic carbocycles. The van der Waals surface area contributed by atoms with E-state index < -0.39 is 5.82 Å². The van der Waals surface area contributed by atoms with E-state index in [4.69, 9.17) is 15.0 Å². The first-order valence-corrected chi connectivity index (χ1v) is 5.66.